The molecule has 2 aliphatic rings. The molecule has 3 rings (SSSR count). The first kappa shape index (κ1) is 20.6. The number of hydrogen-bond acceptors (Lipinski definition) is 3. The number of nitrogens with two attached hydrogens (primary N) is 1. The van der Waals surface area contributed by atoms with Crippen LogP contribution < -0.4 is 16.4 Å². The summed E-state index contributed by atoms with van der Waals surface area (Å²) in [5, 5.41) is 6.93. The van der Waals surface area contributed by atoms with Gasteiger partial charge in [-0.05, 0) is 50.3 Å². The summed E-state index contributed by atoms with van der Waals surface area (Å²) in [6.07, 6.45) is 7.06. The van der Waals surface area contributed by atoms with E-state index in [1.165, 1.54) is 36.8 Å². The molecule has 0 spiro atoms. The number of primary amides is 1. The number of likely N-dealkylation sites (tertiary alicyclic amines) is 1. The molecule has 0 bridgehead atoms. The van der Waals surface area contributed by atoms with Crippen molar-refractivity contribution in [3.8, 4) is 0 Å². The summed E-state index contributed by atoms with van der Waals surface area (Å²) in [5.74, 6) is 0.740. The Bertz CT molecular complexity index is 669. The molecular formula is C22H35N5O. The van der Waals surface area contributed by atoms with Crippen LogP contribution in [0.4, 0.5) is 0 Å². The monoisotopic (exact) mass is 385 g/mol. The van der Waals surface area contributed by atoms with Gasteiger partial charge in [0.15, 0.2) is 5.96 Å². The van der Waals surface area contributed by atoms with Crippen LogP contribution in [-0.2, 0) is 17.9 Å². The summed E-state index contributed by atoms with van der Waals surface area (Å²) < 4.78 is 0. The molecule has 1 aromatic carbocycles. The van der Waals surface area contributed by atoms with E-state index in [-0.39, 0.29) is 11.8 Å². The summed E-state index contributed by atoms with van der Waals surface area (Å²) in [4.78, 5) is 18.6. The maximum atomic E-state index is 11.5. The van der Waals surface area contributed by atoms with Crippen LogP contribution in [0.25, 0.3) is 0 Å². The zero-order valence-electron chi connectivity index (χ0n) is 17.1. The van der Waals surface area contributed by atoms with Crippen LogP contribution in [0.15, 0.2) is 29.3 Å². The third-order valence-corrected chi connectivity index (χ3v) is 5.77. The van der Waals surface area contributed by atoms with Crippen molar-refractivity contribution < 1.29 is 4.79 Å². The van der Waals surface area contributed by atoms with E-state index < -0.39 is 0 Å². The highest BCUT2D eigenvalue weighted by molar-refractivity contribution is 5.80. The molecule has 0 radical (unpaired) electrons. The van der Waals surface area contributed by atoms with Crippen LogP contribution in [0.3, 0.4) is 0 Å². The zero-order chi connectivity index (χ0) is 19.8. The van der Waals surface area contributed by atoms with Gasteiger partial charge in [-0.15, -0.1) is 0 Å². The van der Waals surface area contributed by atoms with Crippen molar-refractivity contribution in [3.63, 3.8) is 0 Å². The first-order valence-corrected chi connectivity index (χ1v) is 10.8. The molecule has 1 aromatic rings. The maximum Gasteiger partial charge on any atom is 0.221 e. The number of carbonyl (C=O) groups is 1. The summed E-state index contributed by atoms with van der Waals surface area (Å²) in [6.45, 7) is 6.30. The van der Waals surface area contributed by atoms with Gasteiger partial charge >= 0.3 is 0 Å². The normalized spacial score (nSPS) is 21.6. The molecule has 0 aromatic heterocycles. The number of aliphatic imine (C=N–C) groups is 1. The topological polar surface area (TPSA) is 82.8 Å². The van der Waals surface area contributed by atoms with Gasteiger partial charge in [-0.3, -0.25) is 9.69 Å². The summed E-state index contributed by atoms with van der Waals surface area (Å²) >= 11 is 0. The highest BCUT2D eigenvalue weighted by Gasteiger charge is 2.23. The number of amides is 1. The molecule has 1 unspecified atom stereocenters. The molecule has 1 atom stereocenters. The maximum absolute atomic E-state index is 11.5. The van der Waals surface area contributed by atoms with Gasteiger partial charge in [-0.2, -0.15) is 0 Å². The number of benzene rings is 1. The van der Waals surface area contributed by atoms with E-state index in [4.69, 9.17) is 10.7 Å². The van der Waals surface area contributed by atoms with Crippen molar-refractivity contribution >= 4 is 11.9 Å². The highest BCUT2D eigenvalue weighted by Crippen LogP contribution is 2.19. The molecule has 1 aliphatic carbocycles. The Kier molecular flexibility index (Phi) is 7.71. The number of hydrogen-bond donors (Lipinski definition) is 3. The number of nitrogens with one attached hydrogen (secondary N) is 2. The molecule has 1 saturated carbocycles. The highest BCUT2D eigenvalue weighted by atomic mass is 16.1. The lowest BCUT2D eigenvalue weighted by molar-refractivity contribution is -0.123. The molecule has 4 N–H and O–H groups in total. The Morgan fingerprint density at radius 3 is 2.75 bits per heavy atom. The summed E-state index contributed by atoms with van der Waals surface area (Å²) in [5.41, 5.74) is 7.99. The van der Waals surface area contributed by atoms with Gasteiger partial charge in [0.1, 0.15) is 0 Å². The summed E-state index contributed by atoms with van der Waals surface area (Å²) in [6, 6.07) is 9.18. The summed E-state index contributed by atoms with van der Waals surface area (Å²) in [7, 11) is 0. The van der Waals surface area contributed by atoms with Crippen molar-refractivity contribution in [2.75, 3.05) is 19.6 Å². The van der Waals surface area contributed by atoms with Crippen molar-refractivity contribution in [2.45, 2.75) is 64.6 Å². The van der Waals surface area contributed by atoms with Gasteiger partial charge in [0.05, 0.1) is 12.5 Å². The lowest BCUT2D eigenvalue weighted by atomic mass is 9.97. The first-order valence-electron chi connectivity index (χ1n) is 10.8. The van der Waals surface area contributed by atoms with E-state index in [2.05, 4.69) is 46.7 Å². The Labute approximate surface area is 169 Å². The molecule has 2 fully saturated rings. The molecule has 1 saturated heterocycles. The molecule has 1 aliphatic heterocycles. The minimum Gasteiger partial charge on any atom is -0.369 e. The van der Waals surface area contributed by atoms with Gasteiger partial charge < -0.3 is 16.4 Å². The molecule has 28 heavy (non-hydrogen) atoms. The third-order valence-electron chi connectivity index (χ3n) is 5.77. The fraction of sp³-hybridized carbons (Fsp3) is 0.636. The van der Waals surface area contributed by atoms with Crippen LogP contribution >= 0.6 is 0 Å². The van der Waals surface area contributed by atoms with Crippen LogP contribution in [0.5, 0.6) is 0 Å². The van der Waals surface area contributed by atoms with Gasteiger partial charge in [-0.1, -0.05) is 37.1 Å². The Hall–Kier alpha value is -2.08. The second kappa shape index (κ2) is 10.5. The van der Waals surface area contributed by atoms with E-state index in [9.17, 15) is 4.79 Å². The quantitative estimate of drug-likeness (QED) is 0.497. The predicted molar refractivity (Wildman–Crippen MR) is 114 cm³/mol. The Morgan fingerprint density at radius 1 is 1.21 bits per heavy atom. The Balaban J connectivity index is 1.57. The molecular weight excluding hydrogens is 350 g/mol. The third kappa shape index (κ3) is 6.23. The number of nitrogens with zero attached hydrogens (tertiary/aromatic N) is 2. The predicted octanol–water partition coefficient (Wildman–Crippen LogP) is 2.38. The number of carbonyl (C=O) groups excluding carboxylic acids is 1. The van der Waals surface area contributed by atoms with Crippen molar-refractivity contribution in [1.29, 1.82) is 0 Å². The number of rotatable bonds is 7. The minimum atomic E-state index is -0.168. The second-order valence-electron chi connectivity index (χ2n) is 8.12. The van der Waals surface area contributed by atoms with E-state index in [1.54, 1.807) is 0 Å². The van der Waals surface area contributed by atoms with Crippen LogP contribution in [0, 0.1) is 5.92 Å². The average Bonchev–Trinajstić information content (AvgIpc) is 3.20. The second-order valence-corrected chi connectivity index (χ2v) is 8.12. The SMILES string of the molecule is CCNC(=NCc1cccc(CN2CCCC(C(N)=O)C2)c1)NC1CCCC1. The number of guanidine groups is 1. The van der Waals surface area contributed by atoms with Crippen molar-refractivity contribution in [3.05, 3.63) is 35.4 Å². The van der Waals surface area contributed by atoms with Gasteiger partial charge in [0.25, 0.3) is 0 Å². The molecule has 1 amide bonds. The standard InChI is InChI=1S/C22H35N5O/c1-2-24-22(26-20-10-3-4-11-20)25-14-17-7-5-8-18(13-17)15-27-12-6-9-19(16-27)21(23)28/h5,7-8,13,19-20H,2-4,6,9-12,14-16H2,1H3,(H2,23,28)(H2,24,25,26). The van der Waals surface area contributed by atoms with Crippen molar-refractivity contribution in [1.82, 2.24) is 15.5 Å². The minimum absolute atomic E-state index is 0.00845. The van der Waals surface area contributed by atoms with E-state index in [0.717, 1.165) is 45.0 Å². The van der Waals surface area contributed by atoms with E-state index in [0.29, 0.717) is 12.6 Å². The molecule has 6 nitrogen and oxygen atoms in total. The van der Waals surface area contributed by atoms with Crippen LogP contribution in [0.1, 0.15) is 56.6 Å². The lowest BCUT2D eigenvalue weighted by Gasteiger charge is -2.31. The van der Waals surface area contributed by atoms with Crippen LogP contribution in [-0.4, -0.2) is 42.4 Å². The fourth-order valence-electron chi connectivity index (χ4n) is 4.27. The number of piperidine rings is 1. The first-order chi connectivity index (χ1) is 13.6. The van der Waals surface area contributed by atoms with Gasteiger partial charge in [0, 0.05) is 25.7 Å². The van der Waals surface area contributed by atoms with Crippen LogP contribution in [0.2, 0.25) is 0 Å². The van der Waals surface area contributed by atoms with Gasteiger partial charge in [-0.25, -0.2) is 4.99 Å². The lowest BCUT2D eigenvalue weighted by Crippen LogP contribution is -2.42. The smallest absolute Gasteiger partial charge is 0.221 e. The van der Waals surface area contributed by atoms with Gasteiger partial charge in [0.2, 0.25) is 5.91 Å². The van der Waals surface area contributed by atoms with Crippen molar-refractivity contribution in [2.24, 2.45) is 16.6 Å². The largest absolute Gasteiger partial charge is 0.369 e. The molecule has 1 heterocycles. The van der Waals surface area contributed by atoms with E-state index in [1.807, 2.05) is 0 Å². The average molecular weight is 386 g/mol. The molecule has 6 heteroatoms. The zero-order valence-corrected chi connectivity index (χ0v) is 17.1. The molecule has 154 valence electrons. The fourth-order valence-corrected chi connectivity index (χ4v) is 4.27. The Morgan fingerprint density at radius 2 is 2.00 bits per heavy atom. The van der Waals surface area contributed by atoms with E-state index >= 15 is 0 Å².